The van der Waals surface area contributed by atoms with E-state index in [9.17, 15) is 36.7 Å². The van der Waals surface area contributed by atoms with Crippen LogP contribution < -0.4 is 5.43 Å². The van der Waals surface area contributed by atoms with Gasteiger partial charge in [-0.25, -0.2) is 27.2 Å². The quantitative estimate of drug-likeness (QED) is 0.0852. The summed E-state index contributed by atoms with van der Waals surface area (Å²) in [6.07, 6.45) is 1.77. The normalized spacial score (nSPS) is 15.8. The van der Waals surface area contributed by atoms with Gasteiger partial charge in [0.05, 0.1) is 30.3 Å². The van der Waals surface area contributed by atoms with Gasteiger partial charge in [0, 0.05) is 49.4 Å². The monoisotopic (exact) mass is 604 g/mol. The Morgan fingerprint density at radius 1 is 0.953 bits per heavy atom. The first kappa shape index (κ1) is 33.0. The van der Waals surface area contributed by atoms with E-state index < -0.39 is 52.8 Å². The highest BCUT2D eigenvalue weighted by Crippen LogP contribution is 2.41. The second-order valence-electron chi connectivity index (χ2n) is 9.98. The molecule has 2 atom stereocenters. The number of Topliss-reactive ketones (excluding diaryl/α,β-unsaturated/α-hetero) is 1. The average Bonchev–Trinajstić information content (AvgIpc) is 3.68. The number of fused-ring (bicyclic) bond motifs is 1. The van der Waals surface area contributed by atoms with Gasteiger partial charge in [0.25, 0.3) is 0 Å². The van der Waals surface area contributed by atoms with Crippen LogP contribution in [0.4, 0.5) is 17.6 Å². The van der Waals surface area contributed by atoms with Crippen molar-refractivity contribution in [3.63, 3.8) is 0 Å². The lowest BCUT2D eigenvalue weighted by atomic mass is 10.0. The van der Waals surface area contributed by atoms with Crippen molar-refractivity contribution < 1.29 is 41.4 Å². The summed E-state index contributed by atoms with van der Waals surface area (Å²) in [5, 5.41) is 0.198. The standard InChI is InChI=1S/C16H15F2NO3.C15H17F2NO3/c1-3-22-16(21)10-7-19(13-6-12(13)18)14-8(2)11(17)5-4-9(14)15(10)20;1-5-21-15(20)11(8-18(3)4)14(19)10-6-7-12(16)9(2)13(10)17/h4-5,7,12-13H,3,6H2,1-2H3;6-8H,5H2,1-4H3/t12-,13+;/m0./s1. The molecular formula is C31H32F4N2O6. The van der Waals surface area contributed by atoms with E-state index in [0.29, 0.717) is 5.52 Å². The number of alkyl halides is 1. The lowest BCUT2D eigenvalue weighted by molar-refractivity contribution is -0.138. The summed E-state index contributed by atoms with van der Waals surface area (Å²) in [6, 6.07) is 4.04. The molecule has 1 aliphatic carbocycles. The van der Waals surface area contributed by atoms with Gasteiger partial charge in [-0.2, -0.15) is 0 Å². The Balaban J connectivity index is 0.000000236. The summed E-state index contributed by atoms with van der Waals surface area (Å²) < 4.78 is 65.7. The zero-order valence-electron chi connectivity index (χ0n) is 24.6. The predicted molar refractivity (Wildman–Crippen MR) is 151 cm³/mol. The summed E-state index contributed by atoms with van der Waals surface area (Å²) in [4.78, 5) is 50.0. The van der Waals surface area contributed by atoms with Gasteiger partial charge in [0.15, 0.2) is 0 Å². The number of aromatic nitrogens is 1. The maximum absolute atomic E-state index is 14.0. The van der Waals surface area contributed by atoms with E-state index in [1.165, 1.54) is 47.8 Å². The van der Waals surface area contributed by atoms with Crippen molar-refractivity contribution in [3.8, 4) is 0 Å². The average molecular weight is 605 g/mol. The van der Waals surface area contributed by atoms with E-state index in [1.807, 2.05) is 0 Å². The molecule has 0 bridgehead atoms. The highest BCUT2D eigenvalue weighted by Gasteiger charge is 2.40. The first-order valence-corrected chi connectivity index (χ1v) is 13.4. The summed E-state index contributed by atoms with van der Waals surface area (Å²) in [7, 11) is 3.22. The van der Waals surface area contributed by atoms with Gasteiger partial charge >= 0.3 is 11.9 Å². The molecule has 1 aliphatic rings. The predicted octanol–water partition coefficient (Wildman–Crippen LogP) is 5.37. The largest absolute Gasteiger partial charge is 0.462 e. The molecule has 1 saturated carbocycles. The summed E-state index contributed by atoms with van der Waals surface area (Å²) >= 11 is 0. The molecule has 1 heterocycles. The van der Waals surface area contributed by atoms with Crippen LogP contribution in [0.25, 0.3) is 10.9 Å². The van der Waals surface area contributed by atoms with Crippen LogP contribution in [-0.4, -0.2) is 60.7 Å². The molecule has 12 heteroatoms. The topological polar surface area (TPSA) is 94.9 Å². The molecule has 0 spiro atoms. The Bertz CT molecular complexity index is 1660. The molecule has 230 valence electrons. The number of nitrogens with zero attached hydrogens (tertiary/aromatic N) is 2. The van der Waals surface area contributed by atoms with Crippen molar-refractivity contribution in [3.05, 3.63) is 92.2 Å². The maximum atomic E-state index is 14.0. The minimum Gasteiger partial charge on any atom is -0.462 e. The first-order chi connectivity index (χ1) is 20.2. The molecule has 2 aromatic carbocycles. The van der Waals surface area contributed by atoms with E-state index in [4.69, 9.17) is 9.47 Å². The fourth-order valence-corrected chi connectivity index (χ4v) is 4.31. The number of pyridine rings is 1. The SMILES string of the molecule is CCOC(=O)C(=CN(C)C)C(=O)c1ccc(F)c(C)c1F.CCOC(=O)c1cn([C@@H]2C[C@@H]2F)c2c(C)c(F)ccc2c1=O. The Kier molecular flexibility index (Phi) is 10.5. The Morgan fingerprint density at radius 3 is 2.09 bits per heavy atom. The van der Waals surface area contributed by atoms with Gasteiger partial charge in [0.2, 0.25) is 11.2 Å². The van der Waals surface area contributed by atoms with Crippen LogP contribution in [0, 0.1) is 31.3 Å². The van der Waals surface area contributed by atoms with Crippen molar-refractivity contribution in [2.75, 3.05) is 27.3 Å². The molecule has 0 saturated heterocycles. The number of ether oxygens (including phenoxy) is 2. The summed E-state index contributed by atoms with van der Waals surface area (Å²) in [5.41, 5.74) is -1.02. The Labute approximate surface area is 245 Å². The fourth-order valence-electron chi connectivity index (χ4n) is 4.31. The van der Waals surface area contributed by atoms with Crippen molar-refractivity contribution >= 4 is 28.6 Å². The van der Waals surface area contributed by atoms with Crippen molar-refractivity contribution in [1.29, 1.82) is 0 Å². The van der Waals surface area contributed by atoms with Crippen LogP contribution in [0.5, 0.6) is 0 Å². The molecule has 8 nitrogen and oxygen atoms in total. The first-order valence-electron chi connectivity index (χ1n) is 13.4. The lowest BCUT2D eigenvalue weighted by Gasteiger charge is -2.14. The van der Waals surface area contributed by atoms with Crippen LogP contribution in [0.2, 0.25) is 0 Å². The zero-order valence-corrected chi connectivity index (χ0v) is 24.6. The number of esters is 2. The number of benzene rings is 2. The van der Waals surface area contributed by atoms with Gasteiger partial charge < -0.3 is 18.9 Å². The highest BCUT2D eigenvalue weighted by molar-refractivity contribution is 6.24. The number of rotatable bonds is 8. The van der Waals surface area contributed by atoms with E-state index in [0.717, 1.165) is 12.1 Å². The molecule has 0 radical (unpaired) electrons. The van der Waals surface area contributed by atoms with E-state index >= 15 is 0 Å². The van der Waals surface area contributed by atoms with Gasteiger partial charge in [0.1, 0.15) is 34.8 Å². The molecule has 1 aromatic heterocycles. The van der Waals surface area contributed by atoms with Crippen molar-refractivity contribution in [2.24, 2.45) is 0 Å². The lowest BCUT2D eigenvalue weighted by Crippen LogP contribution is -2.21. The fraction of sp³-hybridized carbons (Fsp3) is 0.355. The van der Waals surface area contributed by atoms with Crippen molar-refractivity contribution in [1.82, 2.24) is 9.47 Å². The van der Waals surface area contributed by atoms with Gasteiger partial charge in [-0.1, -0.05) is 0 Å². The van der Waals surface area contributed by atoms with Crippen LogP contribution in [-0.2, 0) is 14.3 Å². The maximum Gasteiger partial charge on any atom is 0.343 e. The minimum absolute atomic E-state index is 0.0851. The minimum atomic E-state index is -1.05. The Hall–Kier alpha value is -4.48. The van der Waals surface area contributed by atoms with Gasteiger partial charge in [-0.3, -0.25) is 9.59 Å². The number of carbonyl (C=O) groups excluding carboxylic acids is 3. The third kappa shape index (κ3) is 7.12. The zero-order chi connectivity index (χ0) is 32.2. The molecule has 1 fully saturated rings. The molecule has 43 heavy (non-hydrogen) atoms. The molecule has 0 aliphatic heterocycles. The molecule has 0 unspecified atom stereocenters. The van der Waals surface area contributed by atoms with Gasteiger partial charge in [-0.05, 0) is 52.0 Å². The van der Waals surface area contributed by atoms with E-state index in [1.54, 1.807) is 27.9 Å². The molecule has 0 amide bonds. The van der Waals surface area contributed by atoms with E-state index in [2.05, 4.69) is 0 Å². The second kappa shape index (κ2) is 13.7. The number of halogens is 4. The van der Waals surface area contributed by atoms with Crippen LogP contribution in [0.1, 0.15) is 58.2 Å². The van der Waals surface area contributed by atoms with Crippen LogP contribution in [0.3, 0.4) is 0 Å². The third-order valence-electron chi connectivity index (χ3n) is 6.61. The molecule has 0 N–H and O–H groups in total. The molecular weight excluding hydrogens is 572 g/mol. The van der Waals surface area contributed by atoms with Crippen LogP contribution >= 0.6 is 0 Å². The number of ketones is 1. The summed E-state index contributed by atoms with van der Waals surface area (Å²) in [6.45, 7) is 6.21. The second-order valence-corrected chi connectivity index (χ2v) is 9.98. The number of carbonyl (C=O) groups is 3. The van der Waals surface area contributed by atoms with E-state index in [-0.39, 0.29) is 52.8 Å². The third-order valence-corrected chi connectivity index (χ3v) is 6.61. The number of hydrogen-bond donors (Lipinski definition) is 0. The number of aryl methyl sites for hydroxylation is 1. The van der Waals surface area contributed by atoms with Crippen molar-refractivity contribution in [2.45, 2.75) is 46.3 Å². The highest BCUT2D eigenvalue weighted by atomic mass is 19.1. The van der Waals surface area contributed by atoms with Crippen LogP contribution in [0.15, 0.2) is 47.0 Å². The smallest absolute Gasteiger partial charge is 0.343 e. The summed E-state index contributed by atoms with van der Waals surface area (Å²) in [5.74, 6) is -4.64. The van der Waals surface area contributed by atoms with Gasteiger partial charge in [-0.15, -0.1) is 0 Å². The number of hydrogen-bond acceptors (Lipinski definition) is 7. The molecule has 3 aromatic rings. The molecule has 4 rings (SSSR count). The Morgan fingerprint density at radius 2 is 1.53 bits per heavy atom.